The predicted octanol–water partition coefficient (Wildman–Crippen LogP) is 1.86. The van der Waals surface area contributed by atoms with Crippen molar-refractivity contribution in [1.82, 2.24) is 10.2 Å². The molecule has 3 rings (SSSR count). The molecule has 0 amide bonds. The second kappa shape index (κ2) is 4.49. The standard InChI is InChI=1S/C13H18N4O/c14-11-5-8-7-15-17-12(8)6-13(11)16-9-1-3-10(18)4-2-9/h5-7,9-10,16,18H,1-4,14H2,(H,15,17). The number of nitrogen functional groups attached to an aromatic ring is 1. The van der Waals surface area contributed by atoms with Crippen LogP contribution in [0.15, 0.2) is 18.3 Å². The van der Waals surface area contributed by atoms with Crippen LogP contribution >= 0.6 is 0 Å². The molecule has 1 heterocycles. The van der Waals surface area contributed by atoms with E-state index in [1.54, 1.807) is 6.20 Å². The normalized spacial score (nSPS) is 24.3. The van der Waals surface area contributed by atoms with Crippen molar-refractivity contribution >= 4 is 22.3 Å². The Labute approximate surface area is 105 Å². The molecule has 1 aromatic heterocycles. The fourth-order valence-corrected chi connectivity index (χ4v) is 2.57. The number of anilines is 2. The summed E-state index contributed by atoms with van der Waals surface area (Å²) in [6.07, 6.45) is 5.35. The lowest BCUT2D eigenvalue weighted by atomic mass is 9.93. The molecule has 2 aromatic rings. The number of nitrogens with one attached hydrogen (secondary N) is 2. The maximum absolute atomic E-state index is 9.50. The molecule has 0 atom stereocenters. The highest BCUT2D eigenvalue weighted by atomic mass is 16.3. The minimum Gasteiger partial charge on any atom is -0.397 e. The fraction of sp³-hybridized carbons (Fsp3) is 0.462. The summed E-state index contributed by atoms with van der Waals surface area (Å²) in [5.41, 5.74) is 8.72. The van der Waals surface area contributed by atoms with E-state index >= 15 is 0 Å². The van der Waals surface area contributed by atoms with Gasteiger partial charge in [-0.15, -0.1) is 0 Å². The van der Waals surface area contributed by atoms with Crippen molar-refractivity contribution in [3.8, 4) is 0 Å². The van der Waals surface area contributed by atoms with Crippen molar-refractivity contribution < 1.29 is 5.11 Å². The lowest BCUT2D eigenvalue weighted by Crippen LogP contribution is -2.28. The number of aliphatic hydroxyl groups is 1. The van der Waals surface area contributed by atoms with Crippen LogP contribution in [0.2, 0.25) is 0 Å². The third kappa shape index (κ3) is 2.13. The van der Waals surface area contributed by atoms with Crippen molar-refractivity contribution in [3.05, 3.63) is 18.3 Å². The quantitative estimate of drug-likeness (QED) is 0.609. The number of nitrogens with zero attached hydrogens (tertiary/aromatic N) is 1. The number of nitrogens with two attached hydrogens (primary N) is 1. The molecule has 1 aliphatic rings. The first-order valence-corrected chi connectivity index (χ1v) is 6.39. The molecule has 0 radical (unpaired) electrons. The molecule has 0 spiro atoms. The number of H-pyrrole nitrogens is 1. The average Bonchev–Trinajstić information content (AvgIpc) is 2.79. The van der Waals surface area contributed by atoms with Crippen LogP contribution in [0, 0.1) is 0 Å². The van der Waals surface area contributed by atoms with Gasteiger partial charge in [0.15, 0.2) is 0 Å². The SMILES string of the molecule is Nc1cc2cn[nH]c2cc1NC1CCC(O)CC1. The van der Waals surface area contributed by atoms with Crippen LogP contribution in [0.5, 0.6) is 0 Å². The van der Waals surface area contributed by atoms with Crippen LogP contribution in [-0.4, -0.2) is 27.4 Å². The molecule has 1 saturated carbocycles. The van der Waals surface area contributed by atoms with E-state index in [0.29, 0.717) is 6.04 Å². The Hall–Kier alpha value is -1.75. The molecular weight excluding hydrogens is 228 g/mol. The molecule has 5 heteroatoms. The van der Waals surface area contributed by atoms with Gasteiger partial charge >= 0.3 is 0 Å². The number of hydrogen-bond acceptors (Lipinski definition) is 4. The van der Waals surface area contributed by atoms with E-state index < -0.39 is 0 Å². The molecule has 1 fully saturated rings. The van der Waals surface area contributed by atoms with Gasteiger partial charge in [0.25, 0.3) is 0 Å². The van der Waals surface area contributed by atoms with Gasteiger partial charge in [-0.2, -0.15) is 5.10 Å². The van der Waals surface area contributed by atoms with Crippen LogP contribution < -0.4 is 11.1 Å². The van der Waals surface area contributed by atoms with Crippen LogP contribution in [0.4, 0.5) is 11.4 Å². The van der Waals surface area contributed by atoms with Crippen LogP contribution in [-0.2, 0) is 0 Å². The van der Waals surface area contributed by atoms with Gasteiger partial charge in [-0.05, 0) is 37.8 Å². The van der Waals surface area contributed by atoms with Gasteiger partial charge in [-0.25, -0.2) is 0 Å². The first-order chi connectivity index (χ1) is 8.72. The second-order valence-electron chi connectivity index (χ2n) is 5.05. The van der Waals surface area contributed by atoms with E-state index in [2.05, 4.69) is 15.5 Å². The number of fused-ring (bicyclic) bond motifs is 1. The highest BCUT2D eigenvalue weighted by molar-refractivity contribution is 5.88. The summed E-state index contributed by atoms with van der Waals surface area (Å²) in [7, 11) is 0. The monoisotopic (exact) mass is 246 g/mol. The first-order valence-electron chi connectivity index (χ1n) is 6.39. The van der Waals surface area contributed by atoms with Crippen molar-refractivity contribution in [2.24, 2.45) is 0 Å². The minimum atomic E-state index is -0.129. The zero-order chi connectivity index (χ0) is 12.5. The topological polar surface area (TPSA) is 87.0 Å². The van der Waals surface area contributed by atoms with Gasteiger partial charge in [-0.1, -0.05) is 0 Å². The third-order valence-corrected chi connectivity index (χ3v) is 3.67. The van der Waals surface area contributed by atoms with Crippen LogP contribution in [0.25, 0.3) is 10.9 Å². The van der Waals surface area contributed by atoms with Crippen molar-refractivity contribution in [2.75, 3.05) is 11.1 Å². The van der Waals surface area contributed by atoms with Gasteiger partial charge in [0.1, 0.15) is 0 Å². The van der Waals surface area contributed by atoms with E-state index in [4.69, 9.17) is 5.73 Å². The summed E-state index contributed by atoms with van der Waals surface area (Å²) in [6.45, 7) is 0. The molecular formula is C13H18N4O. The minimum absolute atomic E-state index is 0.129. The first kappa shape index (κ1) is 11.3. The molecule has 18 heavy (non-hydrogen) atoms. The van der Waals surface area contributed by atoms with Gasteiger partial charge in [-0.3, -0.25) is 5.10 Å². The third-order valence-electron chi connectivity index (χ3n) is 3.67. The fourth-order valence-electron chi connectivity index (χ4n) is 2.57. The highest BCUT2D eigenvalue weighted by Crippen LogP contribution is 2.28. The Bertz CT molecular complexity index is 543. The molecule has 0 unspecified atom stereocenters. The lowest BCUT2D eigenvalue weighted by molar-refractivity contribution is 0.126. The van der Waals surface area contributed by atoms with E-state index in [1.807, 2.05) is 12.1 Å². The Morgan fingerprint density at radius 2 is 2.06 bits per heavy atom. The number of hydrogen-bond donors (Lipinski definition) is 4. The number of rotatable bonds is 2. The lowest BCUT2D eigenvalue weighted by Gasteiger charge is -2.27. The number of aliphatic hydroxyl groups excluding tert-OH is 1. The summed E-state index contributed by atoms with van der Waals surface area (Å²) in [5.74, 6) is 0. The molecule has 5 nitrogen and oxygen atoms in total. The van der Waals surface area contributed by atoms with Gasteiger partial charge in [0, 0.05) is 11.4 Å². The van der Waals surface area contributed by atoms with E-state index in [-0.39, 0.29) is 6.10 Å². The van der Waals surface area contributed by atoms with E-state index in [1.165, 1.54) is 0 Å². The van der Waals surface area contributed by atoms with Crippen molar-refractivity contribution in [3.63, 3.8) is 0 Å². The number of benzene rings is 1. The largest absolute Gasteiger partial charge is 0.397 e. The summed E-state index contributed by atoms with van der Waals surface area (Å²) >= 11 is 0. The number of aromatic amines is 1. The van der Waals surface area contributed by atoms with Crippen molar-refractivity contribution in [1.29, 1.82) is 0 Å². The molecule has 0 saturated heterocycles. The summed E-state index contributed by atoms with van der Waals surface area (Å²) in [6, 6.07) is 4.33. The predicted molar refractivity (Wildman–Crippen MR) is 72.4 cm³/mol. The molecule has 1 aliphatic carbocycles. The van der Waals surface area contributed by atoms with Crippen molar-refractivity contribution in [2.45, 2.75) is 37.8 Å². The second-order valence-corrected chi connectivity index (χ2v) is 5.05. The van der Waals surface area contributed by atoms with Crippen LogP contribution in [0.1, 0.15) is 25.7 Å². The molecule has 0 aliphatic heterocycles. The van der Waals surface area contributed by atoms with E-state index in [0.717, 1.165) is 48.0 Å². The number of aromatic nitrogens is 2. The van der Waals surface area contributed by atoms with Gasteiger partial charge < -0.3 is 16.2 Å². The average molecular weight is 246 g/mol. The Balaban J connectivity index is 1.79. The highest BCUT2D eigenvalue weighted by Gasteiger charge is 2.19. The Morgan fingerprint density at radius 3 is 2.83 bits per heavy atom. The molecule has 5 N–H and O–H groups in total. The van der Waals surface area contributed by atoms with E-state index in [9.17, 15) is 5.11 Å². The Morgan fingerprint density at radius 1 is 1.28 bits per heavy atom. The zero-order valence-electron chi connectivity index (χ0n) is 10.2. The van der Waals surface area contributed by atoms with Gasteiger partial charge in [0.2, 0.25) is 0 Å². The molecule has 1 aromatic carbocycles. The maximum atomic E-state index is 9.50. The summed E-state index contributed by atoms with van der Waals surface area (Å²) in [4.78, 5) is 0. The zero-order valence-corrected chi connectivity index (χ0v) is 10.2. The summed E-state index contributed by atoms with van der Waals surface area (Å²) in [5, 5.41) is 20.9. The molecule has 0 bridgehead atoms. The Kier molecular flexibility index (Phi) is 2.83. The van der Waals surface area contributed by atoms with Gasteiger partial charge in [0.05, 0.1) is 29.2 Å². The smallest absolute Gasteiger partial charge is 0.0672 e. The maximum Gasteiger partial charge on any atom is 0.0672 e. The van der Waals surface area contributed by atoms with Crippen LogP contribution in [0.3, 0.4) is 0 Å². The molecule has 96 valence electrons. The summed E-state index contributed by atoms with van der Waals surface area (Å²) < 4.78 is 0.